The Kier molecular flexibility index (Phi) is 4.24. The van der Waals surface area contributed by atoms with Crippen molar-refractivity contribution in [1.29, 1.82) is 0 Å². The van der Waals surface area contributed by atoms with Crippen molar-refractivity contribution in [3.8, 4) is 0 Å². The van der Waals surface area contributed by atoms with Gasteiger partial charge in [0, 0.05) is 18.2 Å². The molecule has 1 aliphatic rings. The Morgan fingerprint density at radius 3 is 2.47 bits per heavy atom. The summed E-state index contributed by atoms with van der Waals surface area (Å²) in [6.45, 7) is 6.58. The van der Waals surface area contributed by atoms with Crippen LogP contribution in [-0.4, -0.2) is 6.54 Å². The molecule has 1 atom stereocenters. The first-order valence-corrected chi connectivity index (χ1v) is 7.16. The molecule has 1 aliphatic carbocycles. The molecular formula is C16H23F2N. The Hall–Kier alpha value is -0.960. The molecule has 0 radical (unpaired) electrons. The van der Waals surface area contributed by atoms with Crippen LogP contribution >= 0.6 is 0 Å². The van der Waals surface area contributed by atoms with E-state index in [0.717, 1.165) is 13.0 Å². The maximum Gasteiger partial charge on any atom is 0.128 e. The van der Waals surface area contributed by atoms with Gasteiger partial charge in [0.1, 0.15) is 11.6 Å². The van der Waals surface area contributed by atoms with Gasteiger partial charge in [0.25, 0.3) is 0 Å². The van der Waals surface area contributed by atoms with Gasteiger partial charge in [-0.3, -0.25) is 0 Å². The molecule has 1 N–H and O–H groups in total. The molecule has 3 heteroatoms. The van der Waals surface area contributed by atoms with Crippen molar-refractivity contribution in [1.82, 2.24) is 5.32 Å². The van der Waals surface area contributed by atoms with Crippen LogP contribution in [0.4, 0.5) is 8.78 Å². The molecule has 19 heavy (non-hydrogen) atoms. The minimum Gasteiger partial charge on any atom is -0.310 e. The van der Waals surface area contributed by atoms with E-state index in [2.05, 4.69) is 12.2 Å². The van der Waals surface area contributed by atoms with Crippen LogP contribution in [0.15, 0.2) is 12.1 Å². The van der Waals surface area contributed by atoms with Crippen LogP contribution < -0.4 is 5.32 Å². The molecule has 1 aromatic rings. The van der Waals surface area contributed by atoms with Gasteiger partial charge in [-0.05, 0) is 56.2 Å². The Labute approximate surface area is 114 Å². The van der Waals surface area contributed by atoms with E-state index >= 15 is 0 Å². The fourth-order valence-corrected chi connectivity index (χ4v) is 2.81. The third kappa shape index (κ3) is 2.97. The fourth-order valence-electron chi connectivity index (χ4n) is 2.81. The number of benzene rings is 1. The number of aryl methyl sites for hydroxylation is 1. The van der Waals surface area contributed by atoms with Gasteiger partial charge in [-0.2, -0.15) is 0 Å². The third-order valence-electron chi connectivity index (χ3n) is 4.69. The van der Waals surface area contributed by atoms with Gasteiger partial charge in [0.2, 0.25) is 0 Å². The smallest absolute Gasteiger partial charge is 0.128 e. The molecule has 0 aromatic heterocycles. The highest BCUT2D eigenvalue weighted by Crippen LogP contribution is 2.43. The van der Waals surface area contributed by atoms with Gasteiger partial charge in [0.15, 0.2) is 0 Å². The lowest BCUT2D eigenvalue weighted by Crippen LogP contribution is -2.40. The summed E-state index contributed by atoms with van der Waals surface area (Å²) in [7, 11) is 0. The van der Waals surface area contributed by atoms with Crippen LogP contribution in [0.5, 0.6) is 0 Å². The molecule has 1 aromatic carbocycles. The topological polar surface area (TPSA) is 12.0 Å². The van der Waals surface area contributed by atoms with Crippen molar-refractivity contribution < 1.29 is 8.78 Å². The van der Waals surface area contributed by atoms with Crippen molar-refractivity contribution in [3.63, 3.8) is 0 Å². The van der Waals surface area contributed by atoms with E-state index in [1.54, 1.807) is 6.92 Å². The second kappa shape index (κ2) is 5.58. The van der Waals surface area contributed by atoms with E-state index in [0.29, 0.717) is 16.5 Å². The standard InChI is InChI=1S/C16H23F2N/c1-4-16(6-5-7-16)10-19-12(3)13-9-14(17)11(2)8-15(13)18/h8-9,12,19H,4-7,10H2,1-3H3. The summed E-state index contributed by atoms with van der Waals surface area (Å²) in [5, 5.41) is 3.37. The van der Waals surface area contributed by atoms with Crippen molar-refractivity contribution in [2.75, 3.05) is 6.54 Å². The first kappa shape index (κ1) is 14.4. The Bertz CT molecular complexity index is 447. The van der Waals surface area contributed by atoms with Crippen LogP contribution in [0.2, 0.25) is 0 Å². The van der Waals surface area contributed by atoms with Crippen molar-refractivity contribution in [2.24, 2.45) is 5.41 Å². The molecule has 0 spiro atoms. The lowest BCUT2D eigenvalue weighted by molar-refractivity contribution is 0.120. The van der Waals surface area contributed by atoms with Gasteiger partial charge >= 0.3 is 0 Å². The van der Waals surface area contributed by atoms with Crippen LogP contribution in [0.3, 0.4) is 0 Å². The minimum absolute atomic E-state index is 0.154. The SMILES string of the molecule is CCC1(CNC(C)c2cc(F)c(C)cc2F)CCC1. The van der Waals surface area contributed by atoms with Gasteiger partial charge < -0.3 is 5.32 Å². The predicted molar refractivity (Wildman–Crippen MR) is 74.1 cm³/mol. The summed E-state index contributed by atoms with van der Waals surface area (Å²) in [5.41, 5.74) is 1.17. The van der Waals surface area contributed by atoms with Crippen LogP contribution in [0, 0.1) is 24.0 Å². The molecule has 106 valence electrons. The second-order valence-electron chi connectivity index (χ2n) is 5.93. The average Bonchev–Trinajstić information content (AvgIpc) is 2.32. The van der Waals surface area contributed by atoms with E-state index in [1.165, 1.54) is 31.4 Å². The first-order chi connectivity index (χ1) is 8.97. The molecule has 0 aliphatic heterocycles. The Morgan fingerprint density at radius 1 is 1.26 bits per heavy atom. The summed E-state index contributed by atoms with van der Waals surface area (Å²) in [5.74, 6) is -0.656. The summed E-state index contributed by atoms with van der Waals surface area (Å²) in [4.78, 5) is 0. The van der Waals surface area contributed by atoms with E-state index in [4.69, 9.17) is 0 Å². The Morgan fingerprint density at radius 2 is 1.95 bits per heavy atom. The molecule has 0 amide bonds. The van der Waals surface area contributed by atoms with E-state index in [1.807, 2.05) is 6.92 Å². The molecule has 0 bridgehead atoms. The fraction of sp³-hybridized carbons (Fsp3) is 0.625. The molecule has 1 fully saturated rings. The quantitative estimate of drug-likeness (QED) is 0.828. The second-order valence-corrected chi connectivity index (χ2v) is 5.93. The lowest BCUT2D eigenvalue weighted by Gasteiger charge is -2.42. The highest BCUT2D eigenvalue weighted by Gasteiger charge is 2.35. The zero-order valence-corrected chi connectivity index (χ0v) is 12.0. The predicted octanol–water partition coefficient (Wildman–Crippen LogP) is 4.50. The number of nitrogens with one attached hydrogen (secondary N) is 1. The maximum absolute atomic E-state index is 13.9. The van der Waals surface area contributed by atoms with Crippen LogP contribution in [0.25, 0.3) is 0 Å². The molecule has 2 rings (SSSR count). The van der Waals surface area contributed by atoms with E-state index in [-0.39, 0.29) is 17.7 Å². The van der Waals surface area contributed by atoms with Crippen molar-refractivity contribution >= 4 is 0 Å². The van der Waals surface area contributed by atoms with Crippen LogP contribution in [0.1, 0.15) is 56.7 Å². The number of halogens is 2. The molecular weight excluding hydrogens is 244 g/mol. The largest absolute Gasteiger partial charge is 0.310 e. The molecule has 1 nitrogen and oxygen atoms in total. The van der Waals surface area contributed by atoms with E-state index < -0.39 is 0 Å². The zero-order chi connectivity index (χ0) is 14.0. The average molecular weight is 267 g/mol. The summed E-state index contributed by atoms with van der Waals surface area (Å²) >= 11 is 0. The first-order valence-electron chi connectivity index (χ1n) is 7.16. The minimum atomic E-state index is -0.334. The van der Waals surface area contributed by atoms with Gasteiger partial charge in [-0.15, -0.1) is 0 Å². The Balaban J connectivity index is 2.03. The third-order valence-corrected chi connectivity index (χ3v) is 4.69. The van der Waals surface area contributed by atoms with Gasteiger partial charge in [0.05, 0.1) is 0 Å². The van der Waals surface area contributed by atoms with Gasteiger partial charge in [-0.25, -0.2) is 8.78 Å². The van der Waals surface area contributed by atoms with Crippen molar-refractivity contribution in [2.45, 2.75) is 52.5 Å². The van der Waals surface area contributed by atoms with Crippen LogP contribution in [-0.2, 0) is 0 Å². The molecule has 1 unspecified atom stereocenters. The summed E-state index contributed by atoms with van der Waals surface area (Å²) in [6, 6.07) is 2.45. The zero-order valence-electron chi connectivity index (χ0n) is 12.0. The molecule has 1 saturated carbocycles. The monoisotopic (exact) mass is 267 g/mol. The highest BCUT2D eigenvalue weighted by atomic mass is 19.1. The molecule has 0 heterocycles. The van der Waals surface area contributed by atoms with Crippen molar-refractivity contribution in [3.05, 3.63) is 34.9 Å². The summed E-state index contributed by atoms with van der Waals surface area (Å²) in [6.07, 6.45) is 4.93. The number of hydrogen-bond acceptors (Lipinski definition) is 1. The van der Waals surface area contributed by atoms with E-state index in [9.17, 15) is 8.78 Å². The van der Waals surface area contributed by atoms with Gasteiger partial charge in [-0.1, -0.05) is 13.3 Å². The summed E-state index contributed by atoms with van der Waals surface area (Å²) < 4.78 is 27.4. The molecule has 0 saturated heterocycles. The maximum atomic E-state index is 13.9. The lowest BCUT2D eigenvalue weighted by atomic mass is 9.67. The highest BCUT2D eigenvalue weighted by molar-refractivity contribution is 5.27. The number of rotatable bonds is 5. The normalized spacial score (nSPS) is 19.0. The number of hydrogen-bond donors (Lipinski definition) is 1.